The Morgan fingerprint density at radius 2 is 1.53 bits per heavy atom. The van der Waals surface area contributed by atoms with Crippen LogP contribution in [-0.2, 0) is 23.3 Å². The Balaban J connectivity index is 0.000000558. The van der Waals surface area contributed by atoms with Crippen molar-refractivity contribution in [1.29, 1.82) is 0 Å². The second kappa shape index (κ2) is 13.6. The zero-order valence-corrected chi connectivity index (χ0v) is 23.5. The van der Waals surface area contributed by atoms with Crippen molar-refractivity contribution >= 4 is 40.9 Å². The van der Waals surface area contributed by atoms with Crippen LogP contribution in [0.15, 0.2) is 71.3 Å². The van der Waals surface area contributed by atoms with Gasteiger partial charge in [-0.1, -0.05) is 61.5 Å². The van der Waals surface area contributed by atoms with Crippen LogP contribution in [0.1, 0.15) is 27.7 Å². The van der Waals surface area contributed by atoms with Gasteiger partial charge in [0.2, 0.25) is 0 Å². The number of benzene rings is 2. The van der Waals surface area contributed by atoms with Crippen molar-refractivity contribution in [2.75, 3.05) is 0 Å². The Bertz CT molecular complexity index is 1010. The van der Waals surface area contributed by atoms with Crippen LogP contribution in [0.5, 0.6) is 0 Å². The average molecular weight is 531 g/mol. The normalized spacial score (nSPS) is 14.4. The van der Waals surface area contributed by atoms with Crippen LogP contribution in [0.2, 0.25) is 10.0 Å². The van der Waals surface area contributed by atoms with Crippen LogP contribution >= 0.6 is 23.2 Å². The van der Waals surface area contributed by atoms with E-state index in [4.69, 9.17) is 23.2 Å². The standard InChI is InChI=1S/C15H9Cl2.C9H13.2CH3.Si.Zr/c16-12-7-11(8-13(17)9-12)15-6-5-10-3-1-2-4-14(10)15;1-6-5-7(2)9(4)8(6)3;;;;/h1-9H;6H,1-4H3;2*1H3;;/q4*-1;;. The molecule has 1 unspecified atom stereocenters. The predicted molar refractivity (Wildman–Crippen MR) is 134 cm³/mol. The van der Waals surface area contributed by atoms with Crippen LogP contribution in [0.3, 0.4) is 0 Å². The quantitative estimate of drug-likeness (QED) is 0.218. The Labute approximate surface area is 209 Å². The first kappa shape index (κ1) is 29.2. The van der Waals surface area contributed by atoms with Gasteiger partial charge in [-0.25, -0.2) is 5.57 Å². The first-order valence-corrected chi connectivity index (χ1v) is 13.9. The molecule has 4 heteroatoms. The molecule has 30 heavy (non-hydrogen) atoms. The number of hydrogen-bond acceptors (Lipinski definition) is 0. The van der Waals surface area contributed by atoms with Crippen molar-refractivity contribution < 1.29 is 23.3 Å². The topological polar surface area (TPSA) is 0 Å². The zero-order valence-electron chi connectivity index (χ0n) is 18.5. The molecule has 0 aromatic heterocycles. The van der Waals surface area contributed by atoms with Crippen LogP contribution < -0.4 is 0 Å². The molecule has 0 N–H and O–H groups in total. The summed E-state index contributed by atoms with van der Waals surface area (Å²) < 4.78 is 0. The molecular formula is C26H28Cl2SiZr-4. The summed E-state index contributed by atoms with van der Waals surface area (Å²) in [5.74, 6) is 0.560. The van der Waals surface area contributed by atoms with Gasteiger partial charge >= 0.3 is 30.2 Å². The summed E-state index contributed by atoms with van der Waals surface area (Å²) in [6.45, 7) is 11.7. The minimum absolute atomic E-state index is 0. The van der Waals surface area contributed by atoms with Gasteiger partial charge in [0.1, 0.15) is 0 Å². The number of rotatable bonds is 1. The van der Waals surface area contributed by atoms with Gasteiger partial charge in [0.25, 0.3) is 0 Å². The molecule has 0 fully saturated rings. The van der Waals surface area contributed by atoms with E-state index in [1.54, 1.807) is 6.07 Å². The summed E-state index contributed by atoms with van der Waals surface area (Å²) in [6, 6.07) is 18.1. The average Bonchev–Trinajstić information content (AvgIpc) is 3.20. The Morgan fingerprint density at radius 1 is 0.967 bits per heavy atom. The van der Waals surface area contributed by atoms with E-state index >= 15 is 0 Å². The van der Waals surface area contributed by atoms with E-state index < -0.39 is 0 Å². The number of halogens is 2. The third-order valence-corrected chi connectivity index (χ3v) is 5.53. The maximum atomic E-state index is 6.03. The van der Waals surface area contributed by atoms with Gasteiger partial charge < -0.3 is 14.9 Å². The molecular weight excluding hydrogens is 503 g/mol. The van der Waals surface area contributed by atoms with Crippen LogP contribution in [0.25, 0.3) is 21.9 Å². The molecule has 1 atom stereocenters. The fraction of sp³-hybridized carbons (Fsp3) is 0.192. The summed E-state index contributed by atoms with van der Waals surface area (Å²) in [5, 5.41) is 3.79. The summed E-state index contributed by atoms with van der Waals surface area (Å²) in [5.41, 5.74) is 6.48. The van der Waals surface area contributed by atoms with Crippen molar-refractivity contribution in [3.05, 3.63) is 102 Å². The third-order valence-electron chi connectivity index (χ3n) is 5.09. The van der Waals surface area contributed by atoms with E-state index in [0.29, 0.717) is 16.0 Å². The monoisotopic (exact) mass is 528 g/mol. The van der Waals surface area contributed by atoms with Crippen molar-refractivity contribution in [2.24, 2.45) is 5.92 Å². The van der Waals surface area contributed by atoms with Crippen molar-refractivity contribution in [3.63, 3.8) is 0 Å². The maximum absolute atomic E-state index is 6.03. The molecule has 0 saturated heterocycles. The van der Waals surface area contributed by atoms with Gasteiger partial charge in [-0.3, -0.25) is 6.08 Å². The van der Waals surface area contributed by atoms with E-state index in [2.05, 4.69) is 64.9 Å². The summed E-state index contributed by atoms with van der Waals surface area (Å²) in [6.07, 6.45) is 3.36. The zero-order chi connectivity index (χ0) is 20.8. The van der Waals surface area contributed by atoms with E-state index in [1.807, 2.05) is 24.3 Å². The van der Waals surface area contributed by atoms with E-state index in [9.17, 15) is 0 Å². The molecule has 0 spiro atoms. The Morgan fingerprint density at radius 3 is 2.00 bits per heavy atom. The molecule has 1 aliphatic carbocycles. The molecule has 0 amide bonds. The summed E-state index contributed by atoms with van der Waals surface area (Å²) >= 11 is 13.4. The molecule has 0 saturated carbocycles. The minimum atomic E-state index is 0. The van der Waals surface area contributed by atoms with E-state index in [0.717, 1.165) is 5.56 Å². The molecule has 2 radical (unpaired) electrons. The van der Waals surface area contributed by atoms with E-state index in [-0.39, 0.29) is 14.9 Å². The first-order valence-electron chi connectivity index (χ1n) is 9.00. The fourth-order valence-electron chi connectivity index (χ4n) is 3.27. The van der Waals surface area contributed by atoms with Gasteiger partial charge in [0.15, 0.2) is 0 Å². The van der Waals surface area contributed by atoms with Gasteiger partial charge in [0, 0.05) is 10.0 Å². The van der Waals surface area contributed by atoms with E-state index in [1.165, 1.54) is 56.4 Å². The van der Waals surface area contributed by atoms with Gasteiger partial charge in [0.05, 0.1) is 0 Å². The van der Waals surface area contributed by atoms with Gasteiger partial charge in [-0.15, -0.1) is 53.6 Å². The van der Waals surface area contributed by atoms with Crippen LogP contribution in [-0.4, -0.2) is 6.88 Å². The molecule has 1 aliphatic rings. The molecule has 0 aliphatic heterocycles. The Kier molecular flexibility index (Phi) is 13.2. The molecule has 158 valence electrons. The summed E-state index contributed by atoms with van der Waals surface area (Å²) in [4.78, 5) is 0. The van der Waals surface area contributed by atoms with Gasteiger partial charge in [-0.05, 0) is 18.2 Å². The SMILES string of the molecule is CC1=[C-]C(C)C(C)=C1C.Clc1cc(Cl)cc(-c2c[cH-]c3ccccc23)c1.[CH3-].[CH3-].[Si]=[Zr]. The molecule has 0 nitrogen and oxygen atoms in total. The number of allylic oxidation sites excluding steroid dienone is 4. The van der Waals surface area contributed by atoms with Crippen LogP contribution in [0, 0.1) is 26.8 Å². The predicted octanol–water partition coefficient (Wildman–Crippen LogP) is 8.77. The number of fused-ring (bicyclic) bond motifs is 1. The van der Waals surface area contributed by atoms with Gasteiger partial charge in [-0.2, -0.15) is 11.1 Å². The molecule has 0 bridgehead atoms. The second-order valence-corrected chi connectivity index (χ2v) is 7.66. The fourth-order valence-corrected chi connectivity index (χ4v) is 3.80. The molecule has 3 aromatic carbocycles. The first-order chi connectivity index (χ1) is 13.4. The second-order valence-electron chi connectivity index (χ2n) is 6.79. The van der Waals surface area contributed by atoms with Crippen molar-refractivity contribution in [1.82, 2.24) is 0 Å². The Hall–Kier alpha value is -0.790. The third kappa shape index (κ3) is 7.13. The number of hydrogen-bond donors (Lipinski definition) is 0. The van der Waals surface area contributed by atoms with Crippen molar-refractivity contribution in [3.8, 4) is 11.1 Å². The molecule has 3 aromatic rings. The van der Waals surface area contributed by atoms with Crippen LogP contribution in [0.4, 0.5) is 0 Å². The molecule has 0 heterocycles. The summed E-state index contributed by atoms with van der Waals surface area (Å²) in [7, 11) is 0. The van der Waals surface area contributed by atoms with Crippen molar-refractivity contribution in [2.45, 2.75) is 27.7 Å². The molecule has 4 rings (SSSR count).